The van der Waals surface area contributed by atoms with Crippen LogP contribution in [0.3, 0.4) is 0 Å². The Bertz CT molecular complexity index is 1340. The first-order chi connectivity index (χ1) is 15.5. The number of urea groups is 1. The first-order valence-corrected chi connectivity index (χ1v) is 12.5. The highest BCUT2D eigenvalue weighted by molar-refractivity contribution is 7.89. The van der Waals surface area contributed by atoms with Gasteiger partial charge < -0.3 is 14.8 Å². The second-order valence-electron chi connectivity index (χ2n) is 8.35. The Hall–Kier alpha value is -2.52. The van der Waals surface area contributed by atoms with Gasteiger partial charge in [-0.2, -0.15) is 8.42 Å². The second-order valence-corrected chi connectivity index (χ2v) is 10.8. The summed E-state index contributed by atoms with van der Waals surface area (Å²) < 4.78 is 32.4. The van der Waals surface area contributed by atoms with Crippen LogP contribution in [0.5, 0.6) is 0 Å². The van der Waals surface area contributed by atoms with Crippen LogP contribution in [0.4, 0.5) is 10.5 Å². The highest BCUT2D eigenvalue weighted by Gasteiger charge is 2.28. The van der Waals surface area contributed by atoms with E-state index < -0.39 is 26.7 Å². The highest BCUT2D eigenvalue weighted by atomic mass is 35.5. The fourth-order valence-electron chi connectivity index (χ4n) is 3.84. The Morgan fingerprint density at radius 1 is 1.12 bits per heavy atom. The van der Waals surface area contributed by atoms with E-state index in [1.54, 1.807) is 18.2 Å². The number of amides is 2. The van der Waals surface area contributed by atoms with Crippen molar-refractivity contribution in [3.8, 4) is 11.1 Å². The SMILES string of the molecule is CC(C)(O)c1coc(S(=O)(=O)NC(=O)Nc2c(-c3cccc(Cl)c3Cl)ccc3c2CCC3)c1. The lowest BCUT2D eigenvalue weighted by atomic mass is 9.97. The molecule has 0 bridgehead atoms. The van der Waals surface area contributed by atoms with Gasteiger partial charge in [0.25, 0.3) is 10.0 Å². The maximum atomic E-state index is 12.8. The van der Waals surface area contributed by atoms with Gasteiger partial charge in [-0.15, -0.1) is 0 Å². The van der Waals surface area contributed by atoms with Crippen molar-refractivity contribution < 1.29 is 22.7 Å². The molecule has 0 aliphatic heterocycles. The quantitative estimate of drug-likeness (QED) is 0.422. The van der Waals surface area contributed by atoms with Gasteiger partial charge in [-0.1, -0.05) is 47.5 Å². The molecule has 7 nitrogen and oxygen atoms in total. The molecule has 1 aliphatic carbocycles. The smallest absolute Gasteiger partial charge is 0.333 e. The fourth-order valence-corrected chi connectivity index (χ4v) is 5.09. The van der Waals surface area contributed by atoms with Crippen molar-refractivity contribution in [3.05, 3.63) is 69.4 Å². The maximum Gasteiger partial charge on any atom is 0.333 e. The minimum absolute atomic E-state index is 0.266. The molecule has 2 amide bonds. The predicted octanol–water partition coefficient (Wildman–Crippen LogP) is 5.48. The Balaban J connectivity index is 1.66. The number of fused-ring (bicyclic) bond motifs is 1. The van der Waals surface area contributed by atoms with Crippen molar-refractivity contribution >= 4 is 44.9 Å². The number of anilines is 1. The van der Waals surface area contributed by atoms with Gasteiger partial charge in [0.1, 0.15) is 0 Å². The van der Waals surface area contributed by atoms with Gasteiger partial charge in [-0.05, 0) is 50.3 Å². The molecule has 0 saturated heterocycles. The van der Waals surface area contributed by atoms with Crippen molar-refractivity contribution in [1.29, 1.82) is 0 Å². The summed E-state index contributed by atoms with van der Waals surface area (Å²) in [6, 6.07) is 9.25. The van der Waals surface area contributed by atoms with E-state index in [0.717, 1.165) is 36.7 Å². The Morgan fingerprint density at radius 3 is 2.58 bits per heavy atom. The van der Waals surface area contributed by atoms with Crippen LogP contribution in [0.15, 0.2) is 52.2 Å². The minimum atomic E-state index is -4.31. The average molecular weight is 509 g/mol. The van der Waals surface area contributed by atoms with E-state index in [2.05, 4.69) is 5.32 Å². The number of benzene rings is 2. The highest BCUT2D eigenvalue weighted by Crippen LogP contribution is 2.41. The lowest BCUT2D eigenvalue weighted by Crippen LogP contribution is -2.34. The molecule has 3 N–H and O–H groups in total. The Labute approximate surface area is 201 Å². The molecule has 3 aromatic rings. The van der Waals surface area contributed by atoms with E-state index in [1.807, 2.05) is 16.9 Å². The van der Waals surface area contributed by atoms with E-state index in [-0.39, 0.29) is 5.56 Å². The number of aliphatic hydroxyl groups is 1. The third-order valence-corrected chi connectivity index (χ3v) is 7.55. The third kappa shape index (κ3) is 4.75. The monoisotopic (exact) mass is 508 g/mol. The summed E-state index contributed by atoms with van der Waals surface area (Å²) in [5.74, 6) is 0. The summed E-state index contributed by atoms with van der Waals surface area (Å²) in [6.45, 7) is 2.99. The molecule has 0 saturated carbocycles. The lowest BCUT2D eigenvalue weighted by molar-refractivity contribution is 0.0779. The standard InChI is InChI=1S/C23H22Cl2N2O5S/c1-23(2,29)14-11-19(32-12-14)33(30,31)27-22(28)26-21-15-6-3-5-13(15)9-10-17(21)16-7-4-8-18(24)20(16)25/h4,7-12,29H,3,5-6H2,1-2H3,(H2,26,27,28). The minimum Gasteiger partial charge on any atom is -0.451 e. The molecule has 0 unspecified atom stereocenters. The number of carbonyl (C=O) groups excluding carboxylic acids is 1. The fraction of sp³-hybridized carbons (Fsp3) is 0.261. The number of carbonyl (C=O) groups is 1. The average Bonchev–Trinajstić information content (AvgIpc) is 3.40. The van der Waals surface area contributed by atoms with E-state index in [1.165, 1.54) is 19.9 Å². The summed E-state index contributed by atoms with van der Waals surface area (Å²) in [5, 5.41) is 13.0. The molecule has 33 heavy (non-hydrogen) atoms. The zero-order chi connectivity index (χ0) is 24.0. The van der Waals surface area contributed by atoms with Gasteiger partial charge in [0.05, 0.1) is 27.6 Å². The molecule has 1 heterocycles. The predicted molar refractivity (Wildman–Crippen MR) is 127 cm³/mol. The van der Waals surface area contributed by atoms with Crippen molar-refractivity contribution in [2.75, 3.05) is 5.32 Å². The molecule has 0 fully saturated rings. The molecule has 0 radical (unpaired) electrons. The zero-order valence-corrected chi connectivity index (χ0v) is 20.2. The van der Waals surface area contributed by atoms with Gasteiger partial charge in [0, 0.05) is 22.8 Å². The summed E-state index contributed by atoms with van der Waals surface area (Å²) in [7, 11) is -4.31. The van der Waals surface area contributed by atoms with E-state index in [4.69, 9.17) is 27.6 Å². The Morgan fingerprint density at radius 2 is 1.88 bits per heavy atom. The molecule has 0 atom stereocenters. The Kier molecular flexibility index (Phi) is 6.22. The number of sulfonamides is 1. The molecule has 174 valence electrons. The van der Waals surface area contributed by atoms with E-state index in [0.29, 0.717) is 26.9 Å². The molecule has 1 aromatic heterocycles. The van der Waals surface area contributed by atoms with Crippen LogP contribution < -0.4 is 10.0 Å². The maximum absolute atomic E-state index is 12.8. The molecule has 0 spiro atoms. The van der Waals surface area contributed by atoms with Gasteiger partial charge in [-0.25, -0.2) is 9.52 Å². The van der Waals surface area contributed by atoms with Crippen molar-refractivity contribution in [1.82, 2.24) is 4.72 Å². The second kappa shape index (κ2) is 8.68. The van der Waals surface area contributed by atoms with Crippen LogP contribution in [0.25, 0.3) is 11.1 Å². The summed E-state index contributed by atoms with van der Waals surface area (Å²) in [6.07, 6.45) is 3.65. The number of hydrogen-bond acceptors (Lipinski definition) is 5. The lowest BCUT2D eigenvalue weighted by Gasteiger charge is -2.17. The van der Waals surface area contributed by atoms with Crippen molar-refractivity contribution in [2.45, 2.75) is 43.8 Å². The van der Waals surface area contributed by atoms with Gasteiger partial charge >= 0.3 is 6.03 Å². The molecular weight excluding hydrogens is 487 g/mol. The van der Waals surface area contributed by atoms with Crippen LogP contribution in [-0.2, 0) is 28.5 Å². The largest absolute Gasteiger partial charge is 0.451 e. The van der Waals surface area contributed by atoms with Crippen LogP contribution >= 0.6 is 23.2 Å². The molecule has 4 rings (SSSR count). The number of halogens is 2. The van der Waals surface area contributed by atoms with Gasteiger partial charge in [0.2, 0.25) is 5.09 Å². The molecule has 1 aliphatic rings. The third-order valence-electron chi connectivity index (χ3n) is 5.54. The van der Waals surface area contributed by atoms with Crippen molar-refractivity contribution in [3.63, 3.8) is 0 Å². The number of furan rings is 1. The van der Waals surface area contributed by atoms with Crippen LogP contribution in [0, 0.1) is 0 Å². The zero-order valence-electron chi connectivity index (χ0n) is 17.9. The first kappa shape index (κ1) is 23.6. The van der Waals surface area contributed by atoms with Crippen molar-refractivity contribution in [2.24, 2.45) is 0 Å². The first-order valence-electron chi connectivity index (χ1n) is 10.2. The van der Waals surface area contributed by atoms with Crippen LogP contribution in [0.2, 0.25) is 10.0 Å². The summed E-state index contributed by atoms with van der Waals surface area (Å²) in [4.78, 5) is 12.8. The molecule has 2 aromatic carbocycles. The topological polar surface area (TPSA) is 109 Å². The van der Waals surface area contributed by atoms with Crippen LogP contribution in [0.1, 0.15) is 37.0 Å². The summed E-state index contributed by atoms with van der Waals surface area (Å²) >= 11 is 12.6. The van der Waals surface area contributed by atoms with E-state index in [9.17, 15) is 18.3 Å². The number of rotatable bonds is 5. The molecular formula is C23H22Cl2N2O5S. The number of hydrogen-bond donors (Lipinski definition) is 3. The summed E-state index contributed by atoms with van der Waals surface area (Å²) in [5.41, 5.74) is 2.72. The molecule has 10 heteroatoms. The number of aryl methyl sites for hydroxylation is 1. The van der Waals surface area contributed by atoms with Crippen LogP contribution in [-0.4, -0.2) is 19.6 Å². The van der Waals surface area contributed by atoms with Gasteiger partial charge in [-0.3, -0.25) is 0 Å². The normalized spacial score (nSPS) is 13.6. The number of nitrogens with one attached hydrogen (secondary N) is 2. The van der Waals surface area contributed by atoms with E-state index >= 15 is 0 Å². The van der Waals surface area contributed by atoms with Gasteiger partial charge in [0.15, 0.2) is 0 Å².